The van der Waals surface area contributed by atoms with Crippen molar-refractivity contribution < 1.29 is 14.3 Å². The topological polar surface area (TPSA) is 72.6 Å². The van der Waals surface area contributed by atoms with E-state index in [9.17, 15) is 9.59 Å². The molecule has 0 aromatic carbocycles. The monoisotopic (exact) mass is 272 g/mol. The summed E-state index contributed by atoms with van der Waals surface area (Å²) in [5.74, 6) is -0.244. The number of hydrogen-bond donors (Lipinski definition) is 1. The van der Waals surface area contributed by atoms with E-state index in [1.807, 2.05) is 13.8 Å². The van der Waals surface area contributed by atoms with Crippen molar-refractivity contribution in [2.45, 2.75) is 53.0 Å². The summed E-state index contributed by atoms with van der Waals surface area (Å²) >= 11 is 0. The molecule has 0 aromatic rings. The van der Waals surface area contributed by atoms with Crippen molar-refractivity contribution in [1.82, 2.24) is 4.90 Å². The first-order valence-electron chi connectivity index (χ1n) is 7.12. The molecule has 0 aliphatic rings. The predicted octanol–water partition coefficient (Wildman–Crippen LogP) is 1.55. The lowest BCUT2D eigenvalue weighted by Crippen LogP contribution is -2.47. The number of ether oxygens (including phenoxy) is 1. The molecule has 0 radical (unpaired) electrons. The summed E-state index contributed by atoms with van der Waals surface area (Å²) in [6.45, 7) is 8.65. The van der Waals surface area contributed by atoms with E-state index >= 15 is 0 Å². The minimum absolute atomic E-state index is 0.00925. The molecule has 0 aliphatic heterocycles. The SMILES string of the molecule is CCCC[C@H](N)C(=O)N(CC(=O)OCC)CC(C)C. The number of nitrogens with zero attached hydrogens (tertiary/aromatic N) is 1. The smallest absolute Gasteiger partial charge is 0.325 e. The van der Waals surface area contributed by atoms with Gasteiger partial charge in [0.25, 0.3) is 0 Å². The molecule has 0 heterocycles. The molecule has 2 N–H and O–H groups in total. The highest BCUT2D eigenvalue weighted by atomic mass is 16.5. The average molecular weight is 272 g/mol. The zero-order valence-corrected chi connectivity index (χ0v) is 12.6. The summed E-state index contributed by atoms with van der Waals surface area (Å²) in [4.78, 5) is 25.3. The first-order chi connectivity index (χ1) is 8.92. The third-order valence-corrected chi connectivity index (χ3v) is 2.71. The van der Waals surface area contributed by atoms with Crippen molar-refractivity contribution >= 4 is 11.9 Å². The second kappa shape index (κ2) is 9.78. The molecule has 0 aliphatic carbocycles. The largest absolute Gasteiger partial charge is 0.465 e. The van der Waals surface area contributed by atoms with Crippen LogP contribution in [0.25, 0.3) is 0 Å². The van der Waals surface area contributed by atoms with Crippen LogP contribution in [0.2, 0.25) is 0 Å². The Kier molecular flexibility index (Phi) is 9.21. The van der Waals surface area contributed by atoms with E-state index in [2.05, 4.69) is 6.92 Å². The number of nitrogens with two attached hydrogens (primary N) is 1. The average Bonchev–Trinajstić information content (AvgIpc) is 2.33. The predicted molar refractivity (Wildman–Crippen MR) is 75.6 cm³/mol. The highest BCUT2D eigenvalue weighted by molar-refractivity contribution is 5.85. The fourth-order valence-electron chi connectivity index (χ4n) is 1.82. The van der Waals surface area contributed by atoms with E-state index in [1.54, 1.807) is 6.92 Å². The van der Waals surface area contributed by atoms with Crippen molar-refractivity contribution in [3.8, 4) is 0 Å². The van der Waals surface area contributed by atoms with Crippen LogP contribution >= 0.6 is 0 Å². The molecule has 0 saturated heterocycles. The van der Waals surface area contributed by atoms with Gasteiger partial charge in [-0.15, -0.1) is 0 Å². The maximum atomic E-state index is 12.2. The van der Waals surface area contributed by atoms with Crippen LogP contribution in [-0.2, 0) is 14.3 Å². The fourth-order valence-corrected chi connectivity index (χ4v) is 1.82. The normalized spacial score (nSPS) is 12.3. The zero-order chi connectivity index (χ0) is 14.8. The van der Waals surface area contributed by atoms with Gasteiger partial charge >= 0.3 is 5.97 Å². The molecule has 1 atom stereocenters. The van der Waals surface area contributed by atoms with E-state index in [4.69, 9.17) is 10.5 Å². The third kappa shape index (κ3) is 7.82. The number of carbonyl (C=O) groups excluding carboxylic acids is 2. The second-order valence-corrected chi connectivity index (χ2v) is 5.17. The lowest BCUT2D eigenvalue weighted by molar-refractivity contribution is -0.149. The molecule has 0 spiro atoms. The first kappa shape index (κ1) is 17.9. The van der Waals surface area contributed by atoms with Gasteiger partial charge in [-0.25, -0.2) is 0 Å². The van der Waals surface area contributed by atoms with Crippen molar-refractivity contribution in [2.75, 3.05) is 19.7 Å². The highest BCUT2D eigenvalue weighted by Gasteiger charge is 2.23. The summed E-state index contributed by atoms with van der Waals surface area (Å²) in [6.07, 6.45) is 2.58. The molecule has 1 amide bonds. The Morgan fingerprint density at radius 1 is 1.26 bits per heavy atom. The molecular formula is C14H28N2O3. The summed E-state index contributed by atoms with van der Waals surface area (Å²) in [6, 6.07) is -0.520. The van der Waals surface area contributed by atoms with Gasteiger partial charge < -0.3 is 15.4 Å². The summed E-state index contributed by atoms with van der Waals surface area (Å²) in [5.41, 5.74) is 5.89. The lowest BCUT2D eigenvalue weighted by atomic mass is 10.1. The first-order valence-corrected chi connectivity index (χ1v) is 7.12. The molecule has 0 bridgehead atoms. The Morgan fingerprint density at radius 3 is 2.37 bits per heavy atom. The molecule has 0 rings (SSSR count). The second-order valence-electron chi connectivity index (χ2n) is 5.17. The van der Waals surface area contributed by atoms with Gasteiger partial charge in [0.1, 0.15) is 6.54 Å². The van der Waals surface area contributed by atoms with Crippen LogP contribution in [-0.4, -0.2) is 42.5 Å². The van der Waals surface area contributed by atoms with Gasteiger partial charge in [-0.3, -0.25) is 9.59 Å². The lowest BCUT2D eigenvalue weighted by Gasteiger charge is -2.26. The van der Waals surface area contributed by atoms with E-state index in [1.165, 1.54) is 4.90 Å². The van der Waals surface area contributed by atoms with Gasteiger partial charge in [-0.2, -0.15) is 0 Å². The Labute approximate surface area is 116 Å². The van der Waals surface area contributed by atoms with Crippen LogP contribution < -0.4 is 5.73 Å². The number of unbranched alkanes of at least 4 members (excludes halogenated alkanes) is 1. The molecule has 0 aromatic heterocycles. The van der Waals surface area contributed by atoms with Gasteiger partial charge in [-0.1, -0.05) is 33.6 Å². The van der Waals surface area contributed by atoms with E-state index in [0.29, 0.717) is 19.6 Å². The number of rotatable bonds is 9. The van der Waals surface area contributed by atoms with Gasteiger partial charge in [0, 0.05) is 6.54 Å². The number of esters is 1. The highest BCUT2D eigenvalue weighted by Crippen LogP contribution is 2.06. The summed E-state index contributed by atoms with van der Waals surface area (Å²) < 4.78 is 4.89. The van der Waals surface area contributed by atoms with E-state index in [0.717, 1.165) is 12.8 Å². The van der Waals surface area contributed by atoms with Crippen LogP contribution in [0.1, 0.15) is 47.0 Å². The van der Waals surface area contributed by atoms with Gasteiger partial charge in [0.15, 0.2) is 0 Å². The molecule has 112 valence electrons. The van der Waals surface area contributed by atoms with E-state index < -0.39 is 6.04 Å². The summed E-state index contributed by atoms with van der Waals surface area (Å²) in [5, 5.41) is 0. The maximum Gasteiger partial charge on any atom is 0.325 e. The number of hydrogen-bond acceptors (Lipinski definition) is 4. The van der Waals surface area contributed by atoms with Crippen LogP contribution in [0, 0.1) is 5.92 Å². The van der Waals surface area contributed by atoms with Crippen LogP contribution in [0.4, 0.5) is 0 Å². The molecule has 0 saturated carbocycles. The Balaban J connectivity index is 4.54. The molecule has 5 heteroatoms. The molecule has 0 fully saturated rings. The fraction of sp³-hybridized carbons (Fsp3) is 0.857. The van der Waals surface area contributed by atoms with Crippen molar-refractivity contribution in [3.05, 3.63) is 0 Å². The Morgan fingerprint density at radius 2 is 1.89 bits per heavy atom. The van der Waals surface area contributed by atoms with Crippen LogP contribution in [0.5, 0.6) is 0 Å². The maximum absolute atomic E-state index is 12.2. The molecular weight excluding hydrogens is 244 g/mol. The minimum atomic E-state index is -0.520. The molecule has 5 nitrogen and oxygen atoms in total. The third-order valence-electron chi connectivity index (χ3n) is 2.71. The van der Waals surface area contributed by atoms with Crippen molar-refractivity contribution in [1.29, 1.82) is 0 Å². The van der Waals surface area contributed by atoms with Crippen LogP contribution in [0.3, 0.4) is 0 Å². The van der Waals surface area contributed by atoms with Gasteiger partial charge in [-0.05, 0) is 19.3 Å². The minimum Gasteiger partial charge on any atom is -0.465 e. The number of amides is 1. The molecule has 19 heavy (non-hydrogen) atoms. The van der Waals surface area contributed by atoms with Gasteiger partial charge in [0.2, 0.25) is 5.91 Å². The van der Waals surface area contributed by atoms with Gasteiger partial charge in [0.05, 0.1) is 12.6 Å². The molecule has 0 unspecified atom stereocenters. The van der Waals surface area contributed by atoms with E-state index in [-0.39, 0.29) is 24.3 Å². The van der Waals surface area contributed by atoms with Crippen LogP contribution in [0.15, 0.2) is 0 Å². The Hall–Kier alpha value is -1.10. The van der Waals surface area contributed by atoms with Crippen molar-refractivity contribution in [2.24, 2.45) is 11.7 Å². The standard InChI is InChI=1S/C14H28N2O3/c1-5-7-8-12(15)14(18)16(9-11(3)4)10-13(17)19-6-2/h11-12H,5-10,15H2,1-4H3/t12-/m0/s1. The zero-order valence-electron chi connectivity index (χ0n) is 12.6. The quantitative estimate of drug-likeness (QED) is 0.646. The van der Waals surface area contributed by atoms with Crippen molar-refractivity contribution in [3.63, 3.8) is 0 Å². The Bertz CT molecular complexity index is 280. The summed E-state index contributed by atoms with van der Waals surface area (Å²) in [7, 11) is 0. The number of carbonyl (C=O) groups is 2.